The van der Waals surface area contributed by atoms with Gasteiger partial charge in [-0.15, -0.1) is 0 Å². The minimum absolute atomic E-state index is 0.155. The molecular weight excluding hydrogens is 320 g/mol. The molecule has 0 amide bonds. The highest BCUT2D eigenvalue weighted by Crippen LogP contribution is 2.27. The first-order valence-electron chi connectivity index (χ1n) is 6.07. The number of carbonyl (C=O) groups is 2. The van der Waals surface area contributed by atoms with E-state index >= 15 is 0 Å². The lowest BCUT2D eigenvalue weighted by atomic mass is 9.99. The molecule has 0 aliphatic carbocycles. The Morgan fingerprint density at radius 2 is 1.90 bits per heavy atom. The third-order valence-corrected chi connectivity index (χ3v) is 3.58. The van der Waals surface area contributed by atoms with Crippen molar-refractivity contribution < 1.29 is 14.3 Å². The maximum Gasteiger partial charge on any atom is 0.376 e. The van der Waals surface area contributed by atoms with Crippen molar-refractivity contribution in [1.29, 1.82) is 0 Å². The lowest BCUT2D eigenvalue weighted by molar-refractivity contribution is -0.141. The number of carbonyl (C=O) groups excluding carboxylic acids is 2. The summed E-state index contributed by atoms with van der Waals surface area (Å²) in [5.41, 5.74) is 4.35. The molecule has 0 radical (unpaired) electrons. The van der Waals surface area contributed by atoms with Crippen molar-refractivity contribution in [3.63, 3.8) is 0 Å². The number of aldehydes is 1. The lowest BCUT2D eigenvalue weighted by Crippen LogP contribution is -2.08. The summed E-state index contributed by atoms with van der Waals surface area (Å²) in [4.78, 5) is 21.2. The van der Waals surface area contributed by atoms with Gasteiger partial charge in [-0.1, -0.05) is 46.3 Å². The fourth-order valence-corrected chi connectivity index (χ4v) is 2.31. The standard InChI is InChI=1S/C16H13BrO3/c1-11-8-14(20-16(19)10-18)6-7-15(11)13-4-2-12(9-17)3-5-13/h2-8,10H,9H2,1H3. The number of hydrogen-bond acceptors (Lipinski definition) is 3. The summed E-state index contributed by atoms with van der Waals surface area (Å²) < 4.78 is 4.86. The molecule has 2 rings (SSSR count). The van der Waals surface area contributed by atoms with Crippen LogP contribution in [0, 0.1) is 6.92 Å². The van der Waals surface area contributed by atoms with Gasteiger partial charge in [-0.05, 0) is 41.3 Å². The Balaban J connectivity index is 2.28. The van der Waals surface area contributed by atoms with Gasteiger partial charge in [0.05, 0.1) is 0 Å². The highest BCUT2D eigenvalue weighted by Gasteiger charge is 2.06. The molecule has 0 atom stereocenters. The van der Waals surface area contributed by atoms with Crippen molar-refractivity contribution in [2.75, 3.05) is 0 Å². The Bertz CT molecular complexity index is 633. The van der Waals surface area contributed by atoms with Crippen LogP contribution in [0.4, 0.5) is 0 Å². The number of benzene rings is 2. The predicted molar refractivity (Wildman–Crippen MR) is 80.9 cm³/mol. The van der Waals surface area contributed by atoms with Crippen LogP contribution in [0.3, 0.4) is 0 Å². The maximum absolute atomic E-state index is 10.9. The van der Waals surface area contributed by atoms with Crippen molar-refractivity contribution in [2.24, 2.45) is 0 Å². The molecule has 102 valence electrons. The smallest absolute Gasteiger partial charge is 0.376 e. The van der Waals surface area contributed by atoms with E-state index in [0.29, 0.717) is 5.75 Å². The number of aryl methyl sites for hydroxylation is 1. The van der Waals surface area contributed by atoms with E-state index in [2.05, 4.69) is 40.2 Å². The zero-order chi connectivity index (χ0) is 14.5. The second kappa shape index (κ2) is 6.48. The minimum atomic E-state index is -0.890. The first-order chi connectivity index (χ1) is 9.63. The first kappa shape index (κ1) is 14.5. The Labute approximate surface area is 125 Å². The second-order valence-corrected chi connectivity index (χ2v) is 4.91. The second-order valence-electron chi connectivity index (χ2n) is 4.35. The predicted octanol–water partition coefficient (Wildman–Crippen LogP) is 3.66. The van der Waals surface area contributed by atoms with E-state index in [1.165, 1.54) is 5.56 Å². The molecule has 0 bridgehead atoms. The van der Waals surface area contributed by atoms with Crippen LogP contribution < -0.4 is 4.74 Å². The molecule has 2 aromatic carbocycles. The Morgan fingerprint density at radius 1 is 1.20 bits per heavy atom. The summed E-state index contributed by atoms with van der Waals surface area (Å²) in [5.74, 6) is -0.515. The van der Waals surface area contributed by atoms with Gasteiger partial charge in [0.2, 0.25) is 6.29 Å². The van der Waals surface area contributed by atoms with Crippen LogP contribution in [0.15, 0.2) is 42.5 Å². The summed E-state index contributed by atoms with van der Waals surface area (Å²) in [5, 5.41) is 0.826. The van der Waals surface area contributed by atoms with Crippen LogP contribution in [-0.2, 0) is 14.9 Å². The van der Waals surface area contributed by atoms with E-state index in [1.807, 2.05) is 13.0 Å². The molecule has 0 spiro atoms. The zero-order valence-electron chi connectivity index (χ0n) is 10.9. The van der Waals surface area contributed by atoms with Crippen molar-refractivity contribution in [3.8, 4) is 16.9 Å². The summed E-state index contributed by atoms with van der Waals surface area (Å²) in [6.07, 6.45) is 0.155. The third kappa shape index (κ3) is 3.33. The van der Waals surface area contributed by atoms with E-state index in [0.717, 1.165) is 22.0 Å². The van der Waals surface area contributed by atoms with Crippen molar-refractivity contribution in [2.45, 2.75) is 12.3 Å². The highest BCUT2D eigenvalue weighted by atomic mass is 79.9. The normalized spacial score (nSPS) is 10.1. The highest BCUT2D eigenvalue weighted by molar-refractivity contribution is 9.08. The molecule has 0 heterocycles. The molecule has 0 aromatic heterocycles. The largest absolute Gasteiger partial charge is 0.421 e. The fourth-order valence-electron chi connectivity index (χ4n) is 1.94. The van der Waals surface area contributed by atoms with Gasteiger partial charge in [-0.3, -0.25) is 4.79 Å². The molecule has 0 unspecified atom stereocenters. The number of alkyl halides is 1. The molecule has 3 nitrogen and oxygen atoms in total. The van der Waals surface area contributed by atoms with Crippen molar-refractivity contribution >= 4 is 28.2 Å². The van der Waals surface area contributed by atoms with Crippen LogP contribution in [0.5, 0.6) is 5.75 Å². The quantitative estimate of drug-likeness (QED) is 0.282. The van der Waals surface area contributed by atoms with Crippen LogP contribution in [-0.4, -0.2) is 12.3 Å². The average Bonchev–Trinajstić information content (AvgIpc) is 2.47. The summed E-state index contributed by atoms with van der Waals surface area (Å²) in [6, 6.07) is 13.5. The van der Waals surface area contributed by atoms with E-state index in [1.54, 1.807) is 12.1 Å². The molecule has 0 N–H and O–H groups in total. The topological polar surface area (TPSA) is 43.4 Å². The molecule has 0 saturated heterocycles. The van der Waals surface area contributed by atoms with E-state index < -0.39 is 5.97 Å². The Hall–Kier alpha value is -1.94. The van der Waals surface area contributed by atoms with Crippen molar-refractivity contribution in [3.05, 3.63) is 53.6 Å². The van der Waals surface area contributed by atoms with Gasteiger partial charge in [0.1, 0.15) is 5.75 Å². The van der Waals surface area contributed by atoms with Gasteiger partial charge >= 0.3 is 5.97 Å². The van der Waals surface area contributed by atoms with Crippen LogP contribution in [0.2, 0.25) is 0 Å². The van der Waals surface area contributed by atoms with E-state index in [9.17, 15) is 9.59 Å². The number of hydrogen-bond donors (Lipinski definition) is 0. The number of ether oxygens (including phenoxy) is 1. The SMILES string of the molecule is Cc1cc(OC(=O)C=O)ccc1-c1ccc(CBr)cc1. The molecule has 0 aliphatic heterocycles. The van der Waals surface area contributed by atoms with Crippen LogP contribution in [0.1, 0.15) is 11.1 Å². The van der Waals surface area contributed by atoms with E-state index in [4.69, 9.17) is 4.74 Å². The molecule has 20 heavy (non-hydrogen) atoms. The monoisotopic (exact) mass is 332 g/mol. The fraction of sp³-hybridized carbons (Fsp3) is 0.125. The van der Waals surface area contributed by atoms with Crippen LogP contribution >= 0.6 is 15.9 Å². The van der Waals surface area contributed by atoms with Gasteiger partial charge in [0, 0.05) is 5.33 Å². The van der Waals surface area contributed by atoms with Crippen LogP contribution in [0.25, 0.3) is 11.1 Å². The first-order valence-corrected chi connectivity index (χ1v) is 7.19. The lowest BCUT2D eigenvalue weighted by Gasteiger charge is -2.09. The number of rotatable bonds is 4. The molecule has 0 fully saturated rings. The average molecular weight is 333 g/mol. The molecule has 0 saturated carbocycles. The maximum atomic E-state index is 10.9. The van der Waals surface area contributed by atoms with E-state index in [-0.39, 0.29) is 6.29 Å². The summed E-state index contributed by atoms with van der Waals surface area (Å²) >= 11 is 3.42. The van der Waals surface area contributed by atoms with Gasteiger partial charge in [-0.2, -0.15) is 0 Å². The third-order valence-electron chi connectivity index (χ3n) is 2.93. The van der Waals surface area contributed by atoms with Gasteiger partial charge in [0.25, 0.3) is 0 Å². The number of halogens is 1. The molecule has 4 heteroatoms. The molecule has 2 aromatic rings. The molecule has 0 aliphatic rings. The van der Waals surface area contributed by atoms with Gasteiger partial charge in [0.15, 0.2) is 0 Å². The van der Waals surface area contributed by atoms with Gasteiger partial charge in [-0.25, -0.2) is 4.79 Å². The minimum Gasteiger partial charge on any atom is -0.421 e. The summed E-state index contributed by atoms with van der Waals surface area (Å²) in [6.45, 7) is 1.94. The summed E-state index contributed by atoms with van der Waals surface area (Å²) in [7, 11) is 0. The van der Waals surface area contributed by atoms with Gasteiger partial charge < -0.3 is 4.74 Å². The Morgan fingerprint density at radius 3 is 2.45 bits per heavy atom. The Kier molecular flexibility index (Phi) is 4.69. The number of esters is 1. The molecular formula is C16H13BrO3. The van der Waals surface area contributed by atoms with Crippen molar-refractivity contribution in [1.82, 2.24) is 0 Å². The zero-order valence-corrected chi connectivity index (χ0v) is 12.5.